The molecule has 0 bridgehead atoms. The van der Waals surface area contributed by atoms with Gasteiger partial charge in [0.15, 0.2) is 0 Å². The second kappa shape index (κ2) is 6.22. The highest BCUT2D eigenvalue weighted by Crippen LogP contribution is 2.37. The Morgan fingerprint density at radius 2 is 2.05 bits per heavy atom. The molecule has 1 fully saturated rings. The number of hydrogen-bond acceptors (Lipinski definition) is 4. The average Bonchev–Trinajstić information content (AvgIpc) is 3.24. The summed E-state index contributed by atoms with van der Waals surface area (Å²) in [6.07, 6.45) is 2.08. The topological polar surface area (TPSA) is 57.6 Å². The van der Waals surface area contributed by atoms with Crippen LogP contribution in [0.5, 0.6) is 0 Å². The van der Waals surface area contributed by atoms with Gasteiger partial charge in [-0.2, -0.15) is 0 Å². The van der Waals surface area contributed by atoms with E-state index in [1.807, 2.05) is 22.9 Å². The number of carboxylic acid groups (broad SMARTS) is 1. The van der Waals surface area contributed by atoms with Crippen molar-refractivity contribution in [1.29, 1.82) is 0 Å². The molecule has 3 rings (SSSR count). The summed E-state index contributed by atoms with van der Waals surface area (Å²) in [5.41, 5.74) is 1.11. The summed E-state index contributed by atoms with van der Waals surface area (Å²) in [6, 6.07) is 6.05. The number of aliphatic carboxylic acids is 1. The lowest BCUT2D eigenvalue weighted by molar-refractivity contribution is -0.145. The zero-order valence-electron chi connectivity index (χ0n) is 12.2. The number of hydrogen-bond donors (Lipinski definition) is 1. The third kappa shape index (κ3) is 2.80. The van der Waals surface area contributed by atoms with Crippen molar-refractivity contribution in [3.8, 4) is 10.4 Å². The van der Waals surface area contributed by atoms with Crippen molar-refractivity contribution in [3.05, 3.63) is 29.0 Å². The molecule has 2 aromatic heterocycles. The minimum atomic E-state index is -0.852. The van der Waals surface area contributed by atoms with Gasteiger partial charge in [0.05, 0.1) is 16.8 Å². The second-order valence-electron chi connectivity index (χ2n) is 5.53. The van der Waals surface area contributed by atoms with E-state index in [0.717, 1.165) is 17.0 Å². The Hall–Kier alpha value is -1.66. The van der Waals surface area contributed by atoms with Crippen molar-refractivity contribution in [2.45, 2.75) is 19.3 Å². The number of nitrogens with zero attached hydrogens (tertiary/aromatic N) is 1. The van der Waals surface area contributed by atoms with Gasteiger partial charge in [-0.3, -0.25) is 9.59 Å². The van der Waals surface area contributed by atoms with Crippen molar-refractivity contribution in [1.82, 2.24) is 0 Å². The van der Waals surface area contributed by atoms with Crippen molar-refractivity contribution >= 4 is 39.6 Å². The van der Waals surface area contributed by atoms with E-state index in [0.29, 0.717) is 12.8 Å². The first-order valence-corrected chi connectivity index (χ1v) is 8.96. The standard InChI is InChI=1S/C16H17NO3S2/c1-17(15(18)11-4-2-5-12(11)16(19)20)14-8-10(9-22-14)13-6-3-7-21-13/h3,6-9,11-12H,2,4-5H2,1H3,(H,19,20)/t11-,12-/m1/s1. The van der Waals surface area contributed by atoms with Gasteiger partial charge >= 0.3 is 5.97 Å². The Balaban J connectivity index is 1.77. The van der Waals surface area contributed by atoms with E-state index in [1.165, 1.54) is 16.2 Å². The number of carboxylic acids is 1. The molecule has 6 heteroatoms. The van der Waals surface area contributed by atoms with Crippen molar-refractivity contribution < 1.29 is 14.7 Å². The van der Waals surface area contributed by atoms with Gasteiger partial charge in [-0.1, -0.05) is 12.5 Å². The molecule has 2 atom stereocenters. The summed E-state index contributed by atoms with van der Waals surface area (Å²) in [5.74, 6) is -1.86. The lowest BCUT2D eigenvalue weighted by Crippen LogP contribution is -2.36. The number of carbonyl (C=O) groups is 2. The third-order valence-electron chi connectivity index (χ3n) is 4.20. The first-order valence-electron chi connectivity index (χ1n) is 7.20. The summed E-state index contributed by atoms with van der Waals surface area (Å²) >= 11 is 3.18. The van der Waals surface area contributed by atoms with Crippen molar-refractivity contribution in [2.24, 2.45) is 11.8 Å². The number of amides is 1. The molecule has 116 valence electrons. The number of carbonyl (C=O) groups excluding carboxylic acids is 1. The Morgan fingerprint density at radius 3 is 2.73 bits per heavy atom. The van der Waals surface area contributed by atoms with Gasteiger partial charge in [0.1, 0.15) is 0 Å². The van der Waals surface area contributed by atoms with Crippen LogP contribution in [0, 0.1) is 11.8 Å². The van der Waals surface area contributed by atoms with Gasteiger partial charge < -0.3 is 10.0 Å². The monoisotopic (exact) mass is 335 g/mol. The van der Waals surface area contributed by atoms with Crippen LogP contribution in [0.1, 0.15) is 19.3 Å². The fraction of sp³-hybridized carbons (Fsp3) is 0.375. The molecule has 1 saturated carbocycles. The lowest BCUT2D eigenvalue weighted by Gasteiger charge is -2.22. The van der Waals surface area contributed by atoms with Gasteiger partial charge in [0.25, 0.3) is 0 Å². The maximum Gasteiger partial charge on any atom is 0.307 e. The number of thiophene rings is 2. The van der Waals surface area contributed by atoms with E-state index in [9.17, 15) is 14.7 Å². The van der Waals surface area contributed by atoms with Gasteiger partial charge in [-0.05, 0) is 30.4 Å². The molecular weight excluding hydrogens is 318 g/mol. The van der Waals surface area contributed by atoms with Gasteiger partial charge in [0.2, 0.25) is 5.91 Å². The van der Waals surface area contributed by atoms with Crippen LogP contribution in [0.3, 0.4) is 0 Å². The van der Waals surface area contributed by atoms with Crippen LogP contribution >= 0.6 is 22.7 Å². The molecule has 0 aromatic carbocycles. The highest BCUT2D eigenvalue weighted by Gasteiger charge is 2.39. The Morgan fingerprint density at radius 1 is 1.27 bits per heavy atom. The third-order valence-corrected chi connectivity index (χ3v) is 6.13. The summed E-state index contributed by atoms with van der Waals surface area (Å²) in [7, 11) is 1.74. The smallest absolute Gasteiger partial charge is 0.307 e. The molecule has 2 heterocycles. The molecule has 2 aromatic rings. The molecule has 1 aliphatic carbocycles. The van der Waals surface area contributed by atoms with E-state index in [1.54, 1.807) is 23.3 Å². The fourth-order valence-electron chi connectivity index (χ4n) is 2.98. The zero-order chi connectivity index (χ0) is 15.7. The number of anilines is 1. The van der Waals surface area contributed by atoms with E-state index in [2.05, 4.69) is 6.07 Å². The van der Waals surface area contributed by atoms with Gasteiger partial charge in [-0.25, -0.2) is 0 Å². The summed E-state index contributed by atoms with van der Waals surface area (Å²) in [5, 5.41) is 14.2. The largest absolute Gasteiger partial charge is 0.481 e. The van der Waals surface area contributed by atoms with Crippen LogP contribution in [-0.4, -0.2) is 24.0 Å². The SMILES string of the molecule is CN(C(=O)[C@@H]1CCC[C@H]1C(=O)O)c1cc(-c2cccs2)cs1. The highest BCUT2D eigenvalue weighted by atomic mass is 32.1. The first-order chi connectivity index (χ1) is 10.6. The quantitative estimate of drug-likeness (QED) is 0.920. The minimum Gasteiger partial charge on any atom is -0.481 e. The van der Waals surface area contributed by atoms with E-state index >= 15 is 0 Å². The van der Waals surface area contributed by atoms with Crippen molar-refractivity contribution in [2.75, 3.05) is 11.9 Å². The van der Waals surface area contributed by atoms with Gasteiger partial charge in [-0.15, -0.1) is 22.7 Å². The normalized spacial score (nSPS) is 21.0. The highest BCUT2D eigenvalue weighted by molar-refractivity contribution is 7.16. The first kappa shape index (κ1) is 15.2. The van der Waals surface area contributed by atoms with Crippen LogP contribution in [0.4, 0.5) is 5.00 Å². The molecule has 0 unspecified atom stereocenters. The molecule has 0 aliphatic heterocycles. The van der Waals surface area contributed by atoms with Crippen LogP contribution < -0.4 is 4.90 Å². The fourth-order valence-corrected chi connectivity index (χ4v) is 4.66. The minimum absolute atomic E-state index is 0.0792. The van der Waals surface area contributed by atoms with E-state index < -0.39 is 17.8 Å². The molecule has 1 amide bonds. The van der Waals surface area contributed by atoms with Crippen LogP contribution in [-0.2, 0) is 9.59 Å². The molecule has 0 saturated heterocycles. The molecular formula is C16H17NO3S2. The van der Waals surface area contributed by atoms with E-state index in [-0.39, 0.29) is 5.91 Å². The molecule has 0 spiro atoms. The zero-order valence-corrected chi connectivity index (χ0v) is 13.8. The molecule has 1 aliphatic rings. The van der Waals surface area contributed by atoms with E-state index in [4.69, 9.17) is 0 Å². The molecule has 0 radical (unpaired) electrons. The van der Waals surface area contributed by atoms with Crippen LogP contribution in [0.2, 0.25) is 0 Å². The maximum atomic E-state index is 12.6. The predicted octanol–water partition coefficient (Wildman–Crippen LogP) is 3.94. The Labute approximate surface area is 137 Å². The predicted molar refractivity (Wildman–Crippen MR) is 89.5 cm³/mol. The number of rotatable bonds is 4. The summed E-state index contributed by atoms with van der Waals surface area (Å²) in [6.45, 7) is 0. The molecule has 4 nitrogen and oxygen atoms in total. The average molecular weight is 335 g/mol. The second-order valence-corrected chi connectivity index (χ2v) is 7.37. The molecule has 22 heavy (non-hydrogen) atoms. The summed E-state index contributed by atoms with van der Waals surface area (Å²) in [4.78, 5) is 26.7. The lowest BCUT2D eigenvalue weighted by atomic mass is 9.95. The van der Waals surface area contributed by atoms with Crippen LogP contribution in [0.15, 0.2) is 29.0 Å². The Bertz CT molecular complexity index is 677. The van der Waals surface area contributed by atoms with Crippen molar-refractivity contribution in [3.63, 3.8) is 0 Å². The Kier molecular flexibility index (Phi) is 4.31. The summed E-state index contributed by atoms with van der Waals surface area (Å²) < 4.78 is 0. The van der Waals surface area contributed by atoms with Gasteiger partial charge in [0, 0.05) is 22.9 Å². The maximum absolute atomic E-state index is 12.6. The molecule has 1 N–H and O–H groups in total. The van der Waals surface area contributed by atoms with Crippen LogP contribution in [0.25, 0.3) is 10.4 Å².